The Morgan fingerprint density at radius 2 is 1.93 bits per heavy atom. The van der Waals surface area contributed by atoms with Crippen molar-refractivity contribution in [2.75, 3.05) is 65.6 Å². The molecule has 3 rings (SSSR count). The Balaban J connectivity index is 1.52. The van der Waals surface area contributed by atoms with Gasteiger partial charge >= 0.3 is 0 Å². The third-order valence-corrected chi connectivity index (χ3v) is 5.27. The minimum atomic E-state index is 0.125. The molecule has 8 heteroatoms. The summed E-state index contributed by atoms with van der Waals surface area (Å²) in [6.45, 7) is 10.5. The summed E-state index contributed by atoms with van der Waals surface area (Å²) < 4.78 is 5.38. The van der Waals surface area contributed by atoms with E-state index in [9.17, 15) is 4.79 Å². The minimum Gasteiger partial charge on any atom is -0.379 e. The molecule has 1 amide bonds. The number of aliphatic imine (C=N–C) groups is 1. The summed E-state index contributed by atoms with van der Waals surface area (Å²) in [6, 6.07) is 7.67. The van der Waals surface area contributed by atoms with E-state index in [0.717, 1.165) is 64.0 Å². The number of hydrogen-bond acceptors (Lipinski definition) is 4. The fourth-order valence-electron chi connectivity index (χ4n) is 3.41. The lowest BCUT2D eigenvalue weighted by Gasteiger charge is -2.36. The largest absolute Gasteiger partial charge is 0.379 e. The van der Waals surface area contributed by atoms with E-state index >= 15 is 0 Å². The van der Waals surface area contributed by atoms with Gasteiger partial charge in [-0.05, 0) is 24.6 Å². The molecule has 2 saturated heterocycles. The number of morpholine rings is 1. The van der Waals surface area contributed by atoms with Gasteiger partial charge in [-0.25, -0.2) is 0 Å². The zero-order valence-corrected chi connectivity index (χ0v) is 17.3. The maximum absolute atomic E-state index is 12.7. The van der Waals surface area contributed by atoms with Gasteiger partial charge in [-0.3, -0.25) is 14.7 Å². The van der Waals surface area contributed by atoms with Crippen molar-refractivity contribution in [2.45, 2.75) is 13.5 Å². The van der Waals surface area contributed by atoms with E-state index in [1.807, 2.05) is 29.2 Å². The Morgan fingerprint density at radius 3 is 2.61 bits per heavy atom. The van der Waals surface area contributed by atoms with Gasteiger partial charge in [0.2, 0.25) is 5.91 Å². The lowest BCUT2D eigenvalue weighted by molar-refractivity contribution is -0.135. The Morgan fingerprint density at radius 1 is 1.18 bits per heavy atom. The second-order valence-electron chi connectivity index (χ2n) is 7.05. The zero-order valence-electron chi connectivity index (χ0n) is 16.6. The normalized spacial score (nSPS) is 19.2. The first-order valence-electron chi connectivity index (χ1n) is 10.0. The molecule has 2 aliphatic heterocycles. The lowest BCUT2D eigenvalue weighted by Crippen LogP contribution is -2.55. The molecule has 0 unspecified atom stereocenters. The van der Waals surface area contributed by atoms with Crippen LogP contribution in [0.15, 0.2) is 29.3 Å². The van der Waals surface area contributed by atoms with Crippen LogP contribution in [-0.4, -0.2) is 92.1 Å². The van der Waals surface area contributed by atoms with Crippen molar-refractivity contribution in [1.29, 1.82) is 0 Å². The Hall–Kier alpha value is -1.83. The van der Waals surface area contributed by atoms with Crippen LogP contribution in [-0.2, 0) is 16.1 Å². The molecule has 0 spiro atoms. The first-order valence-corrected chi connectivity index (χ1v) is 10.4. The molecule has 1 aromatic rings. The Labute approximate surface area is 172 Å². The van der Waals surface area contributed by atoms with Crippen molar-refractivity contribution in [3.8, 4) is 0 Å². The summed E-state index contributed by atoms with van der Waals surface area (Å²) >= 11 is 5.94. The quantitative estimate of drug-likeness (QED) is 0.568. The monoisotopic (exact) mass is 407 g/mol. The summed E-state index contributed by atoms with van der Waals surface area (Å²) in [5.74, 6) is 0.954. The van der Waals surface area contributed by atoms with Crippen LogP contribution < -0.4 is 5.32 Å². The van der Waals surface area contributed by atoms with Gasteiger partial charge in [-0.1, -0.05) is 23.7 Å². The van der Waals surface area contributed by atoms with Crippen LogP contribution in [0.1, 0.15) is 12.5 Å². The minimum absolute atomic E-state index is 0.125. The van der Waals surface area contributed by atoms with Crippen molar-refractivity contribution in [1.82, 2.24) is 20.0 Å². The molecule has 7 nitrogen and oxygen atoms in total. The molecule has 154 valence electrons. The van der Waals surface area contributed by atoms with E-state index in [1.165, 1.54) is 0 Å². The van der Waals surface area contributed by atoms with Crippen molar-refractivity contribution < 1.29 is 9.53 Å². The van der Waals surface area contributed by atoms with Crippen LogP contribution in [0.5, 0.6) is 0 Å². The zero-order chi connectivity index (χ0) is 19.8. The number of hydrogen-bond donors (Lipinski definition) is 1. The molecule has 0 radical (unpaired) electrons. The molecule has 0 atom stereocenters. The molecule has 0 aliphatic carbocycles. The molecule has 1 N–H and O–H groups in total. The van der Waals surface area contributed by atoms with Crippen LogP contribution in [0.2, 0.25) is 5.02 Å². The second kappa shape index (κ2) is 10.6. The average Bonchev–Trinajstić information content (AvgIpc) is 2.71. The van der Waals surface area contributed by atoms with E-state index in [0.29, 0.717) is 24.7 Å². The number of benzene rings is 1. The average molecular weight is 408 g/mol. The standard InChI is InChI=1S/C20H30ClN5O2/c1-2-22-20(23-7-8-24-11-13-28-14-12-24)26-10-9-25(19(27)16-26)15-17-3-5-18(21)6-4-17/h3-6H,2,7-16H2,1H3,(H,22,23). The number of nitrogens with zero attached hydrogens (tertiary/aromatic N) is 4. The van der Waals surface area contributed by atoms with E-state index in [-0.39, 0.29) is 5.91 Å². The SMILES string of the molecule is CCNC(=NCCN1CCOCC1)N1CCN(Cc2ccc(Cl)cc2)C(=O)C1. The van der Waals surface area contributed by atoms with Crippen LogP contribution in [0.25, 0.3) is 0 Å². The van der Waals surface area contributed by atoms with Gasteiger partial charge in [-0.15, -0.1) is 0 Å². The molecule has 2 aliphatic rings. The van der Waals surface area contributed by atoms with Gasteiger partial charge in [0, 0.05) is 50.8 Å². The van der Waals surface area contributed by atoms with E-state index in [4.69, 9.17) is 21.3 Å². The number of carbonyl (C=O) groups excluding carboxylic acids is 1. The first-order chi connectivity index (χ1) is 13.7. The first kappa shape index (κ1) is 20.9. The third-order valence-electron chi connectivity index (χ3n) is 5.02. The highest BCUT2D eigenvalue weighted by Crippen LogP contribution is 2.13. The number of carbonyl (C=O) groups is 1. The predicted octanol–water partition coefficient (Wildman–Crippen LogP) is 1.28. The van der Waals surface area contributed by atoms with Crippen molar-refractivity contribution in [3.05, 3.63) is 34.9 Å². The molecule has 0 bridgehead atoms. The Bertz CT molecular complexity index is 661. The summed E-state index contributed by atoms with van der Waals surface area (Å²) in [6.07, 6.45) is 0. The number of amides is 1. The van der Waals surface area contributed by atoms with Gasteiger partial charge in [-0.2, -0.15) is 0 Å². The second-order valence-corrected chi connectivity index (χ2v) is 7.49. The van der Waals surface area contributed by atoms with Crippen molar-refractivity contribution >= 4 is 23.5 Å². The van der Waals surface area contributed by atoms with Crippen LogP contribution in [0.4, 0.5) is 0 Å². The number of ether oxygens (including phenoxy) is 1. The number of halogens is 1. The van der Waals surface area contributed by atoms with Crippen molar-refractivity contribution in [2.24, 2.45) is 4.99 Å². The van der Waals surface area contributed by atoms with Gasteiger partial charge < -0.3 is 19.9 Å². The van der Waals surface area contributed by atoms with Gasteiger partial charge in [0.05, 0.1) is 26.3 Å². The molecule has 0 saturated carbocycles. The summed E-state index contributed by atoms with van der Waals surface area (Å²) in [4.78, 5) is 23.7. The Kier molecular flexibility index (Phi) is 7.94. The molecular weight excluding hydrogens is 378 g/mol. The van der Waals surface area contributed by atoms with Crippen LogP contribution in [0, 0.1) is 0 Å². The fraction of sp³-hybridized carbons (Fsp3) is 0.600. The third kappa shape index (κ3) is 6.09. The molecule has 2 fully saturated rings. The molecule has 28 heavy (non-hydrogen) atoms. The summed E-state index contributed by atoms with van der Waals surface area (Å²) in [5.41, 5.74) is 1.09. The van der Waals surface area contributed by atoms with Crippen molar-refractivity contribution in [3.63, 3.8) is 0 Å². The highest BCUT2D eigenvalue weighted by atomic mass is 35.5. The maximum atomic E-state index is 12.7. The number of piperazine rings is 1. The van der Waals surface area contributed by atoms with Crippen LogP contribution in [0.3, 0.4) is 0 Å². The molecular formula is C20H30ClN5O2. The summed E-state index contributed by atoms with van der Waals surface area (Å²) in [7, 11) is 0. The maximum Gasteiger partial charge on any atom is 0.242 e. The highest BCUT2D eigenvalue weighted by Gasteiger charge is 2.26. The topological polar surface area (TPSA) is 60.4 Å². The fourth-order valence-corrected chi connectivity index (χ4v) is 3.54. The van der Waals surface area contributed by atoms with E-state index in [2.05, 4.69) is 22.0 Å². The summed E-state index contributed by atoms with van der Waals surface area (Å²) in [5, 5.41) is 4.04. The molecule has 1 aromatic carbocycles. The van der Waals surface area contributed by atoms with Gasteiger partial charge in [0.15, 0.2) is 5.96 Å². The lowest BCUT2D eigenvalue weighted by atomic mass is 10.2. The number of rotatable bonds is 6. The van der Waals surface area contributed by atoms with Gasteiger partial charge in [0.1, 0.15) is 0 Å². The smallest absolute Gasteiger partial charge is 0.242 e. The van der Waals surface area contributed by atoms with Crippen LogP contribution >= 0.6 is 11.6 Å². The molecule has 0 aromatic heterocycles. The van der Waals surface area contributed by atoms with E-state index in [1.54, 1.807) is 0 Å². The molecule has 2 heterocycles. The predicted molar refractivity (Wildman–Crippen MR) is 112 cm³/mol. The van der Waals surface area contributed by atoms with E-state index < -0.39 is 0 Å². The number of guanidine groups is 1. The van der Waals surface area contributed by atoms with Gasteiger partial charge in [0.25, 0.3) is 0 Å². The highest BCUT2D eigenvalue weighted by molar-refractivity contribution is 6.30. The number of nitrogens with one attached hydrogen (secondary N) is 1.